The summed E-state index contributed by atoms with van der Waals surface area (Å²) in [6, 6.07) is 4.59. The summed E-state index contributed by atoms with van der Waals surface area (Å²) in [6.45, 7) is 0. The molecule has 0 saturated carbocycles. The lowest BCUT2D eigenvalue weighted by molar-refractivity contribution is -0.139. The normalized spacial score (nSPS) is 9.06. The van der Waals surface area contributed by atoms with Gasteiger partial charge in [0.1, 0.15) is 6.42 Å². The van der Waals surface area contributed by atoms with E-state index in [1.807, 2.05) is 0 Å². The number of carboxylic acids is 1. The Morgan fingerprint density at radius 3 is 2.76 bits per heavy atom. The second-order valence-electron chi connectivity index (χ2n) is 3.02. The molecule has 0 heterocycles. The molecule has 5 heteroatoms. The zero-order chi connectivity index (χ0) is 12.8. The molecule has 0 spiro atoms. The Balaban J connectivity index is 3.02. The molecular formula is C12H9ClO4. The molecule has 1 N–H and O–H groups in total. The Kier molecular flexibility index (Phi) is 4.56. The maximum atomic E-state index is 11.0. The molecule has 0 bridgehead atoms. The van der Waals surface area contributed by atoms with Gasteiger partial charge in [0.05, 0.1) is 17.7 Å². The molecule has 1 aromatic rings. The van der Waals surface area contributed by atoms with Crippen LogP contribution in [0.15, 0.2) is 18.2 Å². The van der Waals surface area contributed by atoms with E-state index in [4.69, 9.17) is 16.7 Å². The second kappa shape index (κ2) is 5.92. The monoisotopic (exact) mass is 252 g/mol. The Bertz CT molecular complexity index is 511. The molecule has 0 aliphatic heterocycles. The van der Waals surface area contributed by atoms with Crippen molar-refractivity contribution in [1.82, 2.24) is 0 Å². The van der Waals surface area contributed by atoms with Crippen LogP contribution in [-0.4, -0.2) is 24.2 Å². The molecule has 0 amide bonds. The van der Waals surface area contributed by atoms with Gasteiger partial charge < -0.3 is 9.84 Å². The Morgan fingerprint density at radius 2 is 2.18 bits per heavy atom. The van der Waals surface area contributed by atoms with Gasteiger partial charge in [0.2, 0.25) is 0 Å². The fourth-order valence-corrected chi connectivity index (χ4v) is 1.38. The quantitative estimate of drug-likeness (QED) is 0.645. The largest absolute Gasteiger partial charge is 0.478 e. The minimum absolute atomic E-state index is 0.0634. The van der Waals surface area contributed by atoms with Gasteiger partial charge in [0.15, 0.2) is 0 Å². The molecule has 0 aliphatic carbocycles. The summed E-state index contributed by atoms with van der Waals surface area (Å²) < 4.78 is 4.41. The van der Waals surface area contributed by atoms with Crippen molar-refractivity contribution in [3.8, 4) is 11.8 Å². The van der Waals surface area contributed by atoms with E-state index in [-0.39, 0.29) is 22.6 Å². The highest BCUT2D eigenvalue weighted by Gasteiger charge is 2.12. The summed E-state index contributed by atoms with van der Waals surface area (Å²) in [7, 11) is 1.26. The van der Waals surface area contributed by atoms with Gasteiger partial charge in [-0.3, -0.25) is 4.79 Å². The number of halogens is 1. The molecule has 0 saturated heterocycles. The van der Waals surface area contributed by atoms with Crippen LogP contribution in [0.1, 0.15) is 22.3 Å². The fourth-order valence-electron chi connectivity index (χ4n) is 1.13. The van der Waals surface area contributed by atoms with E-state index in [1.54, 1.807) is 6.07 Å². The summed E-state index contributed by atoms with van der Waals surface area (Å²) in [4.78, 5) is 21.8. The lowest BCUT2D eigenvalue weighted by Crippen LogP contribution is -2.01. The number of hydrogen-bond donors (Lipinski definition) is 1. The molecule has 1 rings (SSSR count). The molecule has 0 aliphatic rings. The zero-order valence-electron chi connectivity index (χ0n) is 8.99. The average Bonchev–Trinajstić information content (AvgIpc) is 2.28. The SMILES string of the molecule is COC(=O)CC#Cc1cccc(Cl)c1C(=O)O. The number of aromatic carboxylic acids is 1. The summed E-state index contributed by atoms with van der Waals surface area (Å²) in [5.74, 6) is 3.48. The van der Waals surface area contributed by atoms with Crippen LogP contribution in [0.25, 0.3) is 0 Å². The number of ether oxygens (including phenoxy) is 1. The van der Waals surface area contributed by atoms with Crippen LogP contribution in [0.3, 0.4) is 0 Å². The molecule has 17 heavy (non-hydrogen) atoms. The maximum Gasteiger partial charge on any atom is 0.338 e. The molecule has 88 valence electrons. The van der Waals surface area contributed by atoms with Crippen LogP contribution in [0.5, 0.6) is 0 Å². The molecular weight excluding hydrogens is 244 g/mol. The first kappa shape index (κ1) is 13.1. The van der Waals surface area contributed by atoms with Crippen LogP contribution in [0.4, 0.5) is 0 Å². The van der Waals surface area contributed by atoms with Gasteiger partial charge in [0.25, 0.3) is 0 Å². The van der Waals surface area contributed by atoms with E-state index in [9.17, 15) is 9.59 Å². The van der Waals surface area contributed by atoms with Gasteiger partial charge in [-0.2, -0.15) is 0 Å². The number of carbonyl (C=O) groups is 2. The van der Waals surface area contributed by atoms with Crippen molar-refractivity contribution in [2.45, 2.75) is 6.42 Å². The van der Waals surface area contributed by atoms with Crippen molar-refractivity contribution in [3.63, 3.8) is 0 Å². The Hall–Kier alpha value is -1.99. The van der Waals surface area contributed by atoms with E-state index >= 15 is 0 Å². The van der Waals surface area contributed by atoms with Crippen LogP contribution >= 0.6 is 11.6 Å². The van der Waals surface area contributed by atoms with Crippen molar-refractivity contribution in [3.05, 3.63) is 34.3 Å². The molecule has 0 aromatic heterocycles. The molecule has 0 atom stereocenters. The van der Waals surface area contributed by atoms with Crippen molar-refractivity contribution >= 4 is 23.5 Å². The van der Waals surface area contributed by atoms with Gasteiger partial charge >= 0.3 is 11.9 Å². The summed E-state index contributed by atoms with van der Waals surface area (Å²) in [5.41, 5.74) is 0.209. The summed E-state index contributed by atoms with van der Waals surface area (Å²) in [5, 5.41) is 9.07. The van der Waals surface area contributed by atoms with Crippen molar-refractivity contribution in [1.29, 1.82) is 0 Å². The highest BCUT2D eigenvalue weighted by molar-refractivity contribution is 6.33. The molecule has 0 fully saturated rings. The average molecular weight is 253 g/mol. The number of esters is 1. The number of methoxy groups -OCH3 is 1. The minimum Gasteiger partial charge on any atom is -0.478 e. The topological polar surface area (TPSA) is 63.6 Å². The van der Waals surface area contributed by atoms with E-state index in [0.29, 0.717) is 0 Å². The number of rotatable bonds is 2. The van der Waals surface area contributed by atoms with E-state index in [1.165, 1.54) is 19.2 Å². The van der Waals surface area contributed by atoms with E-state index in [0.717, 1.165) is 0 Å². The molecule has 4 nitrogen and oxygen atoms in total. The molecule has 0 radical (unpaired) electrons. The van der Waals surface area contributed by atoms with Gasteiger partial charge in [-0.1, -0.05) is 29.5 Å². The predicted molar refractivity (Wildman–Crippen MR) is 61.9 cm³/mol. The van der Waals surface area contributed by atoms with Gasteiger partial charge in [-0.05, 0) is 12.1 Å². The van der Waals surface area contributed by atoms with Gasteiger partial charge in [-0.25, -0.2) is 4.79 Å². The number of benzene rings is 1. The lowest BCUT2D eigenvalue weighted by atomic mass is 10.1. The summed E-state index contributed by atoms with van der Waals surface area (Å²) in [6.07, 6.45) is -0.0952. The predicted octanol–water partition coefficient (Wildman–Crippen LogP) is 1.95. The van der Waals surface area contributed by atoms with Crippen molar-refractivity contribution < 1.29 is 19.4 Å². The Labute approximate surface area is 103 Å². The Morgan fingerprint density at radius 1 is 1.47 bits per heavy atom. The fraction of sp³-hybridized carbons (Fsp3) is 0.167. The lowest BCUT2D eigenvalue weighted by Gasteiger charge is -2.00. The minimum atomic E-state index is -1.15. The van der Waals surface area contributed by atoms with Crippen LogP contribution in [0, 0.1) is 11.8 Å². The van der Waals surface area contributed by atoms with Gasteiger partial charge in [-0.15, -0.1) is 0 Å². The third-order valence-corrected chi connectivity index (χ3v) is 2.23. The van der Waals surface area contributed by atoms with Crippen LogP contribution in [-0.2, 0) is 9.53 Å². The first-order valence-electron chi connectivity index (χ1n) is 4.63. The third-order valence-electron chi connectivity index (χ3n) is 1.91. The number of hydrogen-bond acceptors (Lipinski definition) is 3. The van der Waals surface area contributed by atoms with E-state index < -0.39 is 11.9 Å². The highest BCUT2D eigenvalue weighted by Crippen LogP contribution is 2.19. The number of carbonyl (C=O) groups excluding carboxylic acids is 1. The maximum absolute atomic E-state index is 11.0. The summed E-state index contributed by atoms with van der Waals surface area (Å²) >= 11 is 5.75. The van der Waals surface area contributed by atoms with Crippen LogP contribution < -0.4 is 0 Å². The standard InChI is InChI=1S/C12H9ClO4/c1-17-10(14)7-3-5-8-4-2-6-9(13)11(8)12(15)16/h2,4,6H,7H2,1H3,(H,15,16). The first-order chi connectivity index (χ1) is 8.06. The van der Waals surface area contributed by atoms with Crippen LogP contribution in [0.2, 0.25) is 5.02 Å². The van der Waals surface area contributed by atoms with E-state index in [2.05, 4.69) is 16.6 Å². The first-order valence-corrected chi connectivity index (χ1v) is 5.01. The van der Waals surface area contributed by atoms with Crippen molar-refractivity contribution in [2.24, 2.45) is 0 Å². The zero-order valence-corrected chi connectivity index (χ0v) is 9.75. The van der Waals surface area contributed by atoms with Crippen molar-refractivity contribution in [2.75, 3.05) is 7.11 Å². The highest BCUT2D eigenvalue weighted by atomic mass is 35.5. The number of carboxylic acid groups (broad SMARTS) is 1. The molecule has 1 aromatic carbocycles. The third kappa shape index (κ3) is 3.51. The smallest absolute Gasteiger partial charge is 0.338 e. The molecule has 0 unspecified atom stereocenters. The van der Waals surface area contributed by atoms with Gasteiger partial charge in [0, 0.05) is 5.56 Å². The second-order valence-corrected chi connectivity index (χ2v) is 3.43.